The molecule has 2 aliphatic heterocycles. The quantitative estimate of drug-likeness (QED) is 0.559. The minimum atomic E-state index is -0.176. The maximum absolute atomic E-state index is 11.0. The molecule has 34 heavy (non-hydrogen) atoms. The van der Waals surface area contributed by atoms with E-state index in [-0.39, 0.29) is 11.8 Å². The molecule has 1 amide bonds. The average Bonchev–Trinajstić information content (AvgIpc) is 3.26. The maximum atomic E-state index is 11.0. The van der Waals surface area contributed by atoms with Crippen LogP contribution in [0.25, 0.3) is 0 Å². The normalized spacial score (nSPS) is 20.2. The summed E-state index contributed by atoms with van der Waals surface area (Å²) >= 11 is 6.27. The highest BCUT2D eigenvalue weighted by Crippen LogP contribution is 2.32. The van der Waals surface area contributed by atoms with E-state index >= 15 is 0 Å². The molecule has 5 nitrogen and oxygen atoms in total. The predicted molar refractivity (Wildman–Crippen MR) is 140 cm³/mol. The first-order chi connectivity index (χ1) is 16.5. The van der Waals surface area contributed by atoms with Crippen molar-refractivity contribution in [3.05, 3.63) is 58.6 Å². The fourth-order valence-corrected chi connectivity index (χ4v) is 4.90. The van der Waals surface area contributed by atoms with Gasteiger partial charge in [-0.3, -0.25) is 4.79 Å². The summed E-state index contributed by atoms with van der Waals surface area (Å²) in [7, 11) is 0. The van der Waals surface area contributed by atoms with Crippen molar-refractivity contribution in [1.82, 2.24) is 4.90 Å². The van der Waals surface area contributed by atoms with Gasteiger partial charge in [0.05, 0.1) is 17.0 Å². The highest BCUT2D eigenvalue weighted by molar-refractivity contribution is 6.32. The van der Waals surface area contributed by atoms with Crippen molar-refractivity contribution in [2.75, 3.05) is 37.6 Å². The lowest BCUT2D eigenvalue weighted by Crippen LogP contribution is -2.27. The largest absolute Gasteiger partial charge is 0.489 e. The lowest BCUT2D eigenvalue weighted by molar-refractivity contribution is -0.121. The Morgan fingerprint density at radius 3 is 2.41 bits per heavy atom. The van der Waals surface area contributed by atoms with Gasteiger partial charge in [0.15, 0.2) is 0 Å². The van der Waals surface area contributed by atoms with E-state index in [1.54, 1.807) is 0 Å². The number of benzene rings is 2. The molecule has 2 aromatic rings. The number of nitrogens with two attached hydrogens (primary N) is 1. The van der Waals surface area contributed by atoms with Gasteiger partial charge in [-0.2, -0.15) is 0 Å². The van der Waals surface area contributed by atoms with E-state index in [2.05, 4.69) is 53.1 Å². The molecule has 1 saturated carbocycles. The Balaban J connectivity index is 0.000000166. The van der Waals surface area contributed by atoms with Gasteiger partial charge in [-0.1, -0.05) is 35.4 Å². The van der Waals surface area contributed by atoms with Gasteiger partial charge in [-0.25, -0.2) is 0 Å². The van der Waals surface area contributed by atoms with Crippen LogP contribution in [0.4, 0.5) is 5.69 Å². The molecule has 6 heteroatoms. The third-order valence-electron chi connectivity index (χ3n) is 6.94. The first kappa shape index (κ1) is 24.9. The van der Waals surface area contributed by atoms with Crippen LogP contribution in [0.5, 0.6) is 5.75 Å². The molecule has 5 rings (SSSR count). The van der Waals surface area contributed by atoms with Crippen LogP contribution >= 0.6 is 11.6 Å². The average molecular weight is 484 g/mol. The van der Waals surface area contributed by atoms with Gasteiger partial charge < -0.3 is 20.3 Å². The van der Waals surface area contributed by atoms with E-state index in [1.807, 2.05) is 6.07 Å². The smallest absolute Gasteiger partial charge is 0.222 e. The number of nitrogens with zero attached hydrogens (tertiary/aromatic N) is 2. The number of amides is 1. The van der Waals surface area contributed by atoms with Crippen molar-refractivity contribution in [1.29, 1.82) is 0 Å². The van der Waals surface area contributed by atoms with Crippen molar-refractivity contribution in [3.63, 3.8) is 0 Å². The topological polar surface area (TPSA) is 58.8 Å². The third kappa shape index (κ3) is 7.38. The van der Waals surface area contributed by atoms with Crippen LogP contribution in [0.2, 0.25) is 5.02 Å². The second-order valence-corrected chi connectivity index (χ2v) is 10.3. The summed E-state index contributed by atoms with van der Waals surface area (Å²) in [5.74, 6) is 0.698. The Bertz CT molecular complexity index is 939. The van der Waals surface area contributed by atoms with Crippen molar-refractivity contribution in [2.24, 2.45) is 11.7 Å². The molecular weight excluding hydrogens is 446 g/mol. The van der Waals surface area contributed by atoms with Crippen molar-refractivity contribution in [3.8, 4) is 5.75 Å². The molecule has 0 bridgehead atoms. The molecule has 3 fully saturated rings. The van der Waals surface area contributed by atoms with E-state index in [1.165, 1.54) is 68.6 Å². The molecular formula is C28H38ClN3O2. The number of carbonyl (C=O) groups excluding carboxylic acids is 1. The number of aryl methyl sites for hydroxylation is 2. The second kappa shape index (κ2) is 11.9. The minimum Gasteiger partial charge on any atom is -0.489 e. The standard InChI is InChI=1S/C16H22ClNO.C12H16N2O/c17-15-12-13(4-3-11-18-9-1-2-10-18)5-8-16(15)19-14-6-7-14;1-9-2-4-11(5-3-9)14-7-6-10(8-14)12(13)15/h5,8,12,14H,1-4,6-7,9-11H2;2-5,10H,6-8H2,1H3,(H2,13,15). The molecule has 184 valence electrons. The first-order valence-corrected chi connectivity index (χ1v) is 13.1. The van der Waals surface area contributed by atoms with Crippen LogP contribution in [0, 0.1) is 12.8 Å². The van der Waals surface area contributed by atoms with Gasteiger partial charge in [0.2, 0.25) is 5.91 Å². The molecule has 0 aromatic heterocycles. The van der Waals surface area contributed by atoms with Crippen LogP contribution in [-0.2, 0) is 11.2 Å². The summed E-state index contributed by atoms with van der Waals surface area (Å²) in [6.07, 6.45) is 8.72. The SMILES string of the molecule is Cc1ccc(N2CCC(C(N)=O)C2)cc1.Clc1cc(CCCN2CCCC2)ccc1OC1CC1. The van der Waals surface area contributed by atoms with Gasteiger partial charge >= 0.3 is 0 Å². The molecule has 2 saturated heterocycles. The molecule has 0 spiro atoms. The Labute approximate surface area is 209 Å². The van der Waals surface area contributed by atoms with Gasteiger partial charge in [0.1, 0.15) is 5.75 Å². The molecule has 2 heterocycles. The van der Waals surface area contributed by atoms with Gasteiger partial charge in [-0.15, -0.1) is 0 Å². The predicted octanol–water partition coefficient (Wildman–Crippen LogP) is 5.22. The zero-order chi connectivity index (χ0) is 23.9. The molecule has 2 aromatic carbocycles. The van der Waals surface area contributed by atoms with Crippen molar-refractivity contribution < 1.29 is 9.53 Å². The number of ether oxygens (including phenoxy) is 1. The fraction of sp³-hybridized carbons (Fsp3) is 0.536. The number of hydrogen-bond acceptors (Lipinski definition) is 4. The Morgan fingerprint density at radius 2 is 1.79 bits per heavy atom. The van der Waals surface area contributed by atoms with Crippen LogP contribution in [0.1, 0.15) is 49.7 Å². The van der Waals surface area contributed by atoms with Gasteiger partial charge in [0, 0.05) is 18.8 Å². The lowest BCUT2D eigenvalue weighted by atomic mass is 10.1. The zero-order valence-electron chi connectivity index (χ0n) is 20.3. The van der Waals surface area contributed by atoms with Crippen molar-refractivity contribution >= 4 is 23.2 Å². The molecule has 0 radical (unpaired) electrons. The molecule has 1 aliphatic carbocycles. The molecule has 3 aliphatic rings. The fourth-order valence-electron chi connectivity index (χ4n) is 4.66. The summed E-state index contributed by atoms with van der Waals surface area (Å²) in [5.41, 5.74) is 9.06. The van der Waals surface area contributed by atoms with Crippen LogP contribution in [0.3, 0.4) is 0 Å². The van der Waals surface area contributed by atoms with E-state index < -0.39 is 0 Å². The van der Waals surface area contributed by atoms with Crippen LogP contribution in [-0.4, -0.2) is 49.6 Å². The summed E-state index contributed by atoms with van der Waals surface area (Å²) in [4.78, 5) is 15.8. The third-order valence-corrected chi connectivity index (χ3v) is 7.24. The van der Waals surface area contributed by atoms with Gasteiger partial charge in [0.25, 0.3) is 0 Å². The molecule has 1 unspecified atom stereocenters. The monoisotopic (exact) mass is 483 g/mol. The molecule has 2 N–H and O–H groups in total. The summed E-state index contributed by atoms with van der Waals surface area (Å²) in [5, 5.41) is 0.769. The summed E-state index contributed by atoms with van der Waals surface area (Å²) in [6, 6.07) is 14.6. The van der Waals surface area contributed by atoms with E-state index in [4.69, 9.17) is 22.1 Å². The zero-order valence-corrected chi connectivity index (χ0v) is 21.1. The minimum absolute atomic E-state index is 0.0197. The van der Waals surface area contributed by atoms with Crippen LogP contribution in [0.15, 0.2) is 42.5 Å². The van der Waals surface area contributed by atoms with E-state index in [0.29, 0.717) is 6.10 Å². The van der Waals surface area contributed by atoms with E-state index in [0.717, 1.165) is 36.7 Å². The first-order valence-electron chi connectivity index (χ1n) is 12.8. The Morgan fingerprint density at radius 1 is 1.06 bits per heavy atom. The number of halogens is 1. The number of primary amides is 1. The van der Waals surface area contributed by atoms with Crippen LogP contribution < -0.4 is 15.4 Å². The van der Waals surface area contributed by atoms with Gasteiger partial charge in [-0.05, 0) is 101 Å². The highest BCUT2D eigenvalue weighted by Gasteiger charge is 2.26. The number of likely N-dealkylation sites (tertiary alicyclic amines) is 1. The van der Waals surface area contributed by atoms with E-state index in [9.17, 15) is 4.79 Å². The lowest BCUT2D eigenvalue weighted by Gasteiger charge is -2.18. The number of rotatable bonds is 8. The number of carbonyl (C=O) groups is 1. The maximum Gasteiger partial charge on any atom is 0.222 e. The summed E-state index contributed by atoms with van der Waals surface area (Å²) < 4.78 is 5.76. The second-order valence-electron chi connectivity index (χ2n) is 9.90. The summed E-state index contributed by atoms with van der Waals surface area (Å²) in [6.45, 7) is 7.55. The molecule has 1 atom stereocenters. The Kier molecular flexibility index (Phi) is 8.74. The number of anilines is 1. The Hall–Kier alpha value is -2.24. The number of hydrogen-bond donors (Lipinski definition) is 1. The highest BCUT2D eigenvalue weighted by atomic mass is 35.5. The van der Waals surface area contributed by atoms with Crippen molar-refractivity contribution in [2.45, 2.75) is 58.0 Å².